The summed E-state index contributed by atoms with van der Waals surface area (Å²) in [5, 5.41) is 9.11. The zero-order valence-electron chi connectivity index (χ0n) is 10.2. The maximum absolute atomic E-state index is 14.1. The minimum atomic E-state index is -0.556. The maximum atomic E-state index is 14.1. The second kappa shape index (κ2) is 4.91. The van der Waals surface area contributed by atoms with Crippen LogP contribution < -0.4 is 0 Å². The highest BCUT2D eigenvalue weighted by Crippen LogP contribution is 2.23. The average Bonchev–Trinajstić information content (AvgIpc) is 2.78. The summed E-state index contributed by atoms with van der Waals surface area (Å²) in [5.41, 5.74) is 1.39. The Balaban J connectivity index is 2.33. The van der Waals surface area contributed by atoms with Crippen LogP contribution in [0.3, 0.4) is 0 Å². The largest absolute Gasteiger partial charge is 0.277 e. The topological polar surface area (TPSA) is 54.5 Å². The first-order valence-corrected chi connectivity index (χ1v) is 6.23. The molecule has 0 radical (unpaired) electrons. The molecule has 2 heterocycles. The van der Waals surface area contributed by atoms with Crippen molar-refractivity contribution >= 4 is 22.6 Å². The van der Waals surface area contributed by atoms with Crippen LogP contribution in [0.1, 0.15) is 5.82 Å². The third-order valence-corrected chi connectivity index (χ3v) is 3.07. The molecule has 0 spiro atoms. The molecule has 6 heteroatoms. The van der Waals surface area contributed by atoms with Gasteiger partial charge < -0.3 is 0 Å². The normalized spacial score (nSPS) is 10.7. The molecule has 3 rings (SSSR count). The number of hydrogen-bond donors (Lipinski definition) is 0. The van der Waals surface area contributed by atoms with Crippen molar-refractivity contribution in [3.05, 3.63) is 53.2 Å². The summed E-state index contributed by atoms with van der Waals surface area (Å²) in [6, 6.07) is 10.5. The lowest BCUT2D eigenvalue weighted by Crippen LogP contribution is -2.05. The van der Waals surface area contributed by atoms with Gasteiger partial charge in [0.25, 0.3) is 0 Å². The number of rotatable bonds is 2. The van der Waals surface area contributed by atoms with Gasteiger partial charge >= 0.3 is 0 Å². The molecule has 3 aromatic rings. The first kappa shape index (κ1) is 12.6. The standard InChI is InChI=1S/C14H8ClFN4/c15-9-7-10(16)14(18-8-9)20-12-4-2-1-3-11(12)19-13(20)5-6-17/h1-4,7-8H,5H2. The van der Waals surface area contributed by atoms with Crippen molar-refractivity contribution in [2.45, 2.75) is 6.42 Å². The zero-order valence-corrected chi connectivity index (χ0v) is 11.0. The van der Waals surface area contributed by atoms with Crippen molar-refractivity contribution in [1.29, 1.82) is 5.26 Å². The minimum Gasteiger partial charge on any atom is -0.277 e. The van der Waals surface area contributed by atoms with Gasteiger partial charge in [0.2, 0.25) is 0 Å². The van der Waals surface area contributed by atoms with Crippen LogP contribution in [-0.2, 0) is 6.42 Å². The van der Waals surface area contributed by atoms with Crippen LogP contribution in [0, 0.1) is 17.1 Å². The van der Waals surface area contributed by atoms with Crippen LogP contribution in [0.5, 0.6) is 0 Å². The average molecular weight is 287 g/mol. The molecule has 0 atom stereocenters. The van der Waals surface area contributed by atoms with Gasteiger partial charge in [-0.3, -0.25) is 4.57 Å². The molecule has 0 saturated heterocycles. The van der Waals surface area contributed by atoms with Crippen molar-refractivity contribution in [3.8, 4) is 11.9 Å². The Kier molecular flexibility index (Phi) is 3.09. The number of fused-ring (bicyclic) bond motifs is 1. The summed E-state index contributed by atoms with van der Waals surface area (Å²) >= 11 is 5.72. The molecule has 20 heavy (non-hydrogen) atoms. The number of nitriles is 1. The Bertz CT molecular complexity index is 835. The second-order valence-corrected chi connectivity index (χ2v) is 4.58. The predicted octanol–water partition coefficient (Wildman–Crippen LogP) is 3.28. The Morgan fingerprint density at radius 2 is 2.15 bits per heavy atom. The third kappa shape index (κ3) is 2.00. The van der Waals surface area contributed by atoms with Crippen molar-refractivity contribution in [2.75, 3.05) is 0 Å². The molecular formula is C14H8ClFN4. The number of aromatic nitrogens is 3. The Hall–Kier alpha value is -2.45. The highest BCUT2D eigenvalue weighted by atomic mass is 35.5. The zero-order chi connectivity index (χ0) is 14.1. The molecule has 4 nitrogen and oxygen atoms in total. The number of hydrogen-bond acceptors (Lipinski definition) is 3. The van der Waals surface area contributed by atoms with E-state index in [4.69, 9.17) is 16.9 Å². The van der Waals surface area contributed by atoms with E-state index < -0.39 is 5.82 Å². The number of para-hydroxylation sites is 2. The van der Waals surface area contributed by atoms with Crippen LogP contribution in [0.25, 0.3) is 16.9 Å². The summed E-state index contributed by atoms with van der Waals surface area (Å²) in [5.74, 6) is -0.0179. The van der Waals surface area contributed by atoms with Crippen LogP contribution in [0.15, 0.2) is 36.5 Å². The fourth-order valence-electron chi connectivity index (χ4n) is 2.07. The summed E-state index contributed by atoms with van der Waals surface area (Å²) < 4.78 is 15.6. The molecule has 0 fully saturated rings. The van der Waals surface area contributed by atoms with Gasteiger partial charge in [-0.2, -0.15) is 5.26 Å². The maximum Gasteiger partial charge on any atom is 0.175 e. The molecule has 98 valence electrons. The summed E-state index contributed by atoms with van der Waals surface area (Å²) in [7, 11) is 0. The van der Waals surface area contributed by atoms with Crippen molar-refractivity contribution in [3.63, 3.8) is 0 Å². The van der Waals surface area contributed by atoms with E-state index in [1.54, 1.807) is 16.7 Å². The summed E-state index contributed by atoms with van der Waals surface area (Å²) in [6.45, 7) is 0. The number of benzene rings is 1. The number of nitrogens with zero attached hydrogens (tertiary/aromatic N) is 4. The number of halogens is 2. The monoisotopic (exact) mass is 286 g/mol. The number of pyridine rings is 1. The lowest BCUT2D eigenvalue weighted by molar-refractivity contribution is 0.609. The Labute approximate surface area is 119 Å². The summed E-state index contributed by atoms with van der Waals surface area (Å²) in [4.78, 5) is 8.36. The van der Waals surface area contributed by atoms with Gasteiger partial charge in [0, 0.05) is 6.20 Å². The van der Waals surface area contributed by atoms with E-state index >= 15 is 0 Å². The molecular weight excluding hydrogens is 279 g/mol. The Morgan fingerprint density at radius 1 is 1.35 bits per heavy atom. The molecule has 2 aromatic heterocycles. The highest BCUT2D eigenvalue weighted by molar-refractivity contribution is 6.30. The second-order valence-electron chi connectivity index (χ2n) is 4.15. The molecule has 0 aliphatic rings. The van der Waals surface area contributed by atoms with Crippen LogP contribution in [0.2, 0.25) is 5.02 Å². The van der Waals surface area contributed by atoms with Gasteiger partial charge in [-0.05, 0) is 18.2 Å². The van der Waals surface area contributed by atoms with Crippen LogP contribution >= 0.6 is 11.6 Å². The minimum absolute atomic E-state index is 0.0679. The van der Waals surface area contributed by atoms with E-state index in [9.17, 15) is 4.39 Å². The van der Waals surface area contributed by atoms with E-state index in [-0.39, 0.29) is 17.3 Å². The fraction of sp³-hybridized carbons (Fsp3) is 0.0714. The third-order valence-electron chi connectivity index (χ3n) is 2.87. The first-order valence-electron chi connectivity index (χ1n) is 5.85. The molecule has 0 aliphatic carbocycles. The molecule has 0 saturated carbocycles. The molecule has 0 unspecified atom stereocenters. The Morgan fingerprint density at radius 3 is 2.90 bits per heavy atom. The number of imidazole rings is 1. The van der Waals surface area contributed by atoms with E-state index in [2.05, 4.69) is 9.97 Å². The van der Waals surface area contributed by atoms with Crippen LogP contribution in [0.4, 0.5) is 4.39 Å². The van der Waals surface area contributed by atoms with Gasteiger partial charge in [-0.1, -0.05) is 23.7 Å². The van der Waals surface area contributed by atoms with Gasteiger partial charge in [0.15, 0.2) is 11.6 Å². The lowest BCUT2D eigenvalue weighted by Gasteiger charge is -2.07. The van der Waals surface area contributed by atoms with Gasteiger partial charge in [0.05, 0.1) is 28.5 Å². The predicted molar refractivity (Wildman–Crippen MR) is 73.2 cm³/mol. The molecule has 0 aliphatic heterocycles. The molecule has 1 aromatic carbocycles. The van der Waals surface area contributed by atoms with Gasteiger partial charge in [-0.25, -0.2) is 14.4 Å². The van der Waals surface area contributed by atoms with E-state index in [0.717, 1.165) is 0 Å². The van der Waals surface area contributed by atoms with Crippen molar-refractivity contribution < 1.29 is 4.39 Å². The van der Waals surface area contributed by atoms with Crippen molar-refractivity contribution in [1.82, 2.24) is 14.5 Å². The molecule has 0 amide bonds. The summed E-state index contributed by atoms with van der Waals surface area (Å²) in [6.07, 6.45) is 1.43. The van der Waals surface area contributed by atoms with E-state index in [1.807, 2.05) is 18.2 Å². The van der Waals surface area contributed by atoms with Gasteiger partial charge in [-0.15, -0.1) is 0 Å². The smallest absolute Gasteiger partial charge is 0.175 e. The van der Waals surface area contributed by atoms with Gasteiger partial charge in [0.1, 0.15) is 5.82 Å². The molecule has 0 bridgehead atoms. The van der Waals surface area contributed by atoms with E-state index in [0.29, 0.717) is 16.9 Å². The van der Waals surface area contributed by atoms with E-state index in [1.165, 1.54) is 12.3 Å². The SMILES string of the molecule is N#CCc1nc2ccccc2n1-c1ncc(Cl)cc1F. The lowest BCUT2D eigenvalue weighted by atomic mass is 10.3. The van der Waals surface area contributed by atoms with Crippen molar-refractivity contribution in [2.24, 2.45) is 0 Å². The first-order chi connectivity index (χ1) is 9.70. The fourth-order valence-corrected chi connectivity index (χ4v) is 2.22. The molecule has 0 N–H and O–H groups in total. The highest BCUT2D eigenvalue weighted by Gasteiger charge is 2.16. The van der Waals surface area contributed by atoms with Crippen LogP contribution in [-0.4, -0.2) is 14.5 Å². The quantitative estimate of drug-likeness (QED) is 0.726.